The summed E-state index contributed by atoms with van der Waals surface area (Å²) < 4.78 is 8.63. The van der Waals surface area contributed by atoms with Crippen molar-refractivity contribution in [1.29, 1.82) is 0 Å². The van der Waals surface area contributed by atoms with Crippen molar-refractivity contribution in [2.75, 3.05) is 0 Å². The molecule has 0 aliphatic carbocycles. The molecule has 0 amide bonds. The largest absolute Gasteiger partial charge is 0.456 e. The van der Waals surface area contributed by atoms with Gasteiger partial charge in [0, 0.05) is 43.3 Å². The van der Waals surface area contributed by atoms with Gasteiger partial charge in [0.05, 0.1) is 22.2 Å². The number of fused-ring (bicyclic) bond motifs is 13. The monoisotopic (exact) mass is 687 g/mol. The van der Waals surface area contributed by atoms with Crippen LogP contribution in [0, 0.1) is 0 Å². The van der Waals surface area contributed by atoms with Gasteiger partial charge in [0.25, 0.3) is 0 Å². The molecule has 0 aliphatic rings. The van der Waals surface area contributed by atoms with E-state index in [4.69, 9.17) is 14.4 Å². The molecule has 4 heteroatoms. The molecule has 0 saturated heterocycles. The topological polar surface area (TPSA) is 43.9 Å². The minimum atomic E-state index is 0.657. The van der Waals surface area contributed by atoms with Gasteiger partial charge in [0.1, 0.15) is 11.2 Å². The van der Waals surface area contributed by atoms with Gasteiger partial charge in [-0.1, -0.05) is 140 Å². The Morgan fingerprint density at radius 2 is 1.04 bits per heavy atom. The van der Waals surface area contributed by atoms with E-state index in [0.717, 1.165) is 65.9 Å². The first kappa shape index (κ1) is 29.3. The summed E-state index contributed by atoms with van der Waals surface area (Å²) >= 11 is 0. The molecule has 54 heavy (non-hydrogen) atoms. The van der Waals surface area contributed by atoms with E-state index in [-0.39, 0.29) is 0 Å². The zero-order valence-corrected chi connectivity index (χ0v) is 29.0. The summed E-state index contributed by atoms with van der Waals surface area (Å²) in [7, 11) is 0. The van der Waals surface area contributed by atoms with Crippen molar-refractivity contribution in [1.82, 2.24) is 14.5 Å². The van der Waals surface area contributed by atoms with E-state index in [1.165, 1.54) is 43.4 Å². The highest BCUT2D eigenvalue weighted by Crippen LogP contribution is 2.46. The molecule has 0 aliphatic heterocycles. The summed E-state index contributed by atoms with van der Waals surface area (Å²) in [5.41, 5.74) is 9.28. The summed E-state index contributed by atoms with van der Waals surface area (Å²) in [5, 5.41) is 12.8. The molecular formula is C50H29N3O. The molecule has 250 valence electrons. The third-order valence-electron chi connectivity index (χ3n) is 11.2. The fourth-order valence-electron chi connectivity index (χ4n) is 8.87. The lowest BCUT2D eigenvalue weighted by atomic mass is 9.88. The Kier molecular flexibility index (Phi) is 6.02. The Balaban J connectivity index is 1.20. The van der Waals surface area contributed by atoms with Gasteiger partial charge in [-0.05, 0) is 69.1 Å². The smallest absolute Gasteiger partial charge is 0.235 e. The minimum absolute atomic E-state index is 0.657. The number of rotatable bonds is 3. The zero-order valence-electron chi connectivity index (χ0n) is 29.0. The van der Waals surface area contributed by atoms with Crippen molar-refractivity contribution in [3.05, 3.63) is 176 Å². The van der Waals surface area contributed by atoms with E-state index in [2.05, 4.69) is 168 Å². The van der Waals surface area contributed by atoms with E-state index in [9.17, 15) is 0 Å². The first-order valence-electron chi connectivity index (χ1n) is 18.3. The summed E-state index contributed by atoms with van der Waals surface area (Å²) in [6.07, 6.45) is 0. The van der Waals surface area contributed by atoms with Crippen molar-refractivity contribution < 1.29 is 4.42 Å². The second-order valence-corrected chi connectivity index (χ2v) is 14.1. The van der Waals surface area contributed by atoms with Gasteiger partial charge >= 0.3 is 0 Å². The maximum Gasteiger partial charge on any atom is 0.235 e. The van der Waals surface area contributed by atoms with Crippen molar-refractivity contribution >= 4 is 87.0 Å². The van der Waals surface area contributed by atoms with E-state index >= 15 is 0 Å². The van der Waals surface area contributed by atoms with Crippen LogP contribution in [-0.2, 0) is 0 Å². The number of benzene rings is 9. The second-order valence-electron chi connectivity index (χ2n) is 14.1. The fourth-order valence-corrected chi connectivity index (χ4v) is 8.87. The first-order chi connectivity index (χ1) is 26.8. The highest BCUT2D eigenvalue weighted by Gasteiger charge is 2.22. The van der Waals surface area contributed by atoms with Gasteiger partial charge in [0.15, 0.2) is 0 Å². The van der Waals surface area contributed by atoms with E-state index in [0.29, 0.717) is 5.95 Å². The lowest BCUT2D eigenvalue weighted by molar-refractivity contribution is 0.669. The molecule has 0 atom stereocenters. The molecule has 0 unspecified atom stereocenters. The third-order valence-corrected chi connectivity index (χ3v) is 11.2. The molecule has 12 aromatic rings. The van der Waals surface area contributed by atoms with Crippen LogP contribution in [0.1, 0.15) is 0 Å². The Morgan fingerprint density at radius 1 is 0.407 bits per heavy atom. The first-order valence-corrected chi connectivity index (χ1v) is 18.3. The average Bonchev–Trinajstić information content (AvgIpc) is 3.79. The number of hydrogen-bond donors (Lipinski definition) is 0. The quantitative estimate of drug-likeness (QED) is 0.174. The van der Waals surface area contributed by atoms with Crippen LogP contribution in [0.3, 0.4) is 0 Å². The summed E-state index contributed by atoms with van der Waals surface area (Å²) in [6, 6.07) is 62.5. The molecule has 3 heterocycles. The molecular weight excluding hydrogens is 659 g/mol. The van der Waals surface area contributed by atoms with Gasteiger partial charge in [-0.2, -0.15) is 0 Å². The summed E-state index contributed by atoms with van der Waals surface area (Å²) in [5.74, 6) is 0.657. The molecule has 0 fully saturated rings. The van der Waals surface area contributed by atoms with Gasteiger partial charge in [-0.15, -0.1) is 0 Å². The number of nitrogens with zero attached hydrogens (tertiary/aromatic N) is 3. The second kappa shape index (κ2) is 11.1. The van der Waals surface area contributed by atoms with Crippen LogP contribution in [-0.4, -0.2) is 14.5 Å². The SMILES string of the molecule is c1ccc(-c2nc(-n3c4ccccc4c4cc(-c5cc6ccc7oc8ccccc8c7c6c6ccccc56)c5ccccc5c43)nc3ccccc23)cc1. The predicted molar refractivity (Wildman–Crippen MR) is 225 cm³/mol. The van der Waals surface area contributed by atoms with Crippen LogP contribution in [0.15, 0.2) is 180 Å². The zero-order chi connectivity index (χ0) is 35.3. The van der Waals surface area contributed by atoms with Crippen molar-refractivity contribution in [2.45, 2.75) is 0 Å². The lowest BCUT2D eigenvalue weighted by Gasteiger charge is -2.16. The van der Waals surface area contributed by atoms with Gasteiger partial charge < -0.3 is 4.42 Å². The van der Waals surface area contributed by atoms with Crippen LogP contribution in [0.5, 0.6) is 0 Å². The van der Waals surface area contributed by atoms with Crippen LogP contribution in [0.25, 0.3) is 115 Å². The molecule has 0 N–H and O–H groups in total. The van der Waals surface area contributed by atoms with Crippen LogP contribution < -0.4 is 0 Å². The standard InChI is InChI=1S/C50H29N3O/c1-2-14-30(15-3-1)48-37-21-8-11-23-42(37)51-50(52-48)53-43-24-12-9-18-34(43)41-29-40(33-17-5-7-20-36(33)49(41)53)39-28-31-26-27-45-47(38-22-10-13-25-44(38)54-45)46(31)35-19-6-4-16-32(35)39/h1-29H. The van der Waals surface area contributed by atoms with E-state index in [1.807, 2.05) is 12.1 Å². The Hall–Kier alpha value is -7.30. The predicted octanol–water partition coefficient (Wildman–Crippen LogP) is 13.4. The summed E-state index contributed by atoms with van der Waals surface area (Å²) in [6.45, 7) is 0. The average molecular weight is 688 g/mol. The number of furan rings is 1. The maximum atomic E-state index is 6.35. The normalized spacial score (nSPS) is 12.1. The van der Waals surface area contributed by atoms with Gasteiger partial charge in [-0.25, -0.2) is 9.97 Å². The van der Waals surface area contributed by atoms with Crippen LogP contribution in [0.2, 0.25) is 0 Å². The molecule has 3 aromatic heterocycles. The Labute approximate surface area is 309 Å². The van der Waals surface area contributed by atoms with Gasteiger partial charge in [0.2, 0.25) is 5.95 Å². The molecule has 0 radical (unpaired) electrons. The molecule has 12 rings (SSSR count). The maximum absolute atomic E-state index is 6.35. The minimum Gasteiger partial charge on any atom is -0.456 e. The van der Waals surface area contributed by atoms with Gasteiger partial charge in [-0.3, -0.25) is 4.57 Å². The van der Waals surface area contributed by atoms with Crippen molar-refractivity contribution in [3.8, 4) is 28.3 Å². The molecule has 0 bridgehead atoms. The Morgan fingerprint density at radius 3 is 1.87 bits per heavy atom. The highest BCUT2D eigenvalue weighted by molar-refractivity contribution is 6.30. The van der Waals surface area contributed by atoms with E-state index in [1.54, 1.807) is 0 Å². The van der Waals surface area contributed by atoms with Crippen LogP contribution >= 0.6 is 0 Å². The third kappa shape index (κ3) is 4.08. The number of para-hydroxylation sites is 3. The summed E-state index contributed by atoms with van der Waals surface area (Å²) in [4.78, 5) is 10.6. The fraction of sp³-hybridized carbons (Fsp3) is 0. The van der Waals surface area contributed by atoms with Crippen molar-refractivity contribution in [3.63, 3.8) is 0 Å². The lowest BCUT2D eigenvalue weighted by Crippen LogP contribution is -2.03. The number of aromatic nitrogens is 3. The molecule has 0 saturated carbocycles. The van der Waals surface area contributed by atoms with Crippen molar-refractivity contribution in [2.24, 2.45) is 0 Å². The molecule has 9 aromatic carbocycles. The van der Waals surface area contributed by atoms with Crippen LogP contribution in [0.4, 0.5) is 0 Å². The number of hydrogen-bond acceptors (Lipinski definition) is 3. The van der Waals surface area contributed by atoms with E-state index < -0.39 is 0 Å². The molecule has 4 nitrogen and oxygen atoms in total. The highest BCUT2D eigenvalue weighted by atomic mass is 16.3. The molecule has 0 spiro atoms. The Bertz CT molecular complexity index is 3500.